The van der Waals surface area contributed by atoms with Gasteiger partial charge in [-0.3, -0.25) is 4.79 Å². The maximum absolute atomic E-state index is 12.7. The highest BCUT2D eigenvalue weighted by molar-refractivity contribution is 6.30. The topological polar surface area (TPSA) is 86.3 Å². The lowest BCUT2D eigenvalue weighted by Crippen LogP contribution is -2.31. The fourth-order valence-corrected chi connectivity index (χ4v) is 4.83. The Morgan fingerprint density at radius 2 is 1.70 bits per heavy atom. The number of benzene rings is 4. The second kappa shape index (κ2) is 6.93. The number of hydrogen-bond donors (Lipinski definition) is 2. The molecule has 2 aliphatic rings. The molecule has 4 aromatic rings. The Labute approximate surface area is 189 Å². The minimum absolute atomic E-state index is 0.0743. The van der Waals surface area contributed by atoms with E-state index in [-0.39, 0.29) is 29.3 Å². The van der Waals surface area contributed by atoms with Crippen molar-refractivity contribution in [3.8, 4) is 28.7 Å². The molecular weight excluding hydrogens is 422 g/mol. The van der Waals surface area contributed by atoms with E-state index in [2.05, 4.69) is 5.32 Å². The van der Waals surface area contributed by atoms with Crippen LogP contribution in [0.1, 0.15) is 28.9 Å². The van der Waals surface area contributed by atoms with Gasteiger partial charge in [0.1, 0.15) is 6.10 Å². The lowest BCUT2D eigenvalue weighted by Gasteiger charge is -2.33. The molecule has 0 radical (unpaired) electrons. The van der Waals surface area contributed by atoms with Crippen molar-refractivity contribution in [1.82, 2.24) is 0 Å². The number of phenols is 1. The minimum Gasteiger partial charge on any atom is -0.502 e. The average Bonchev–Trinajstić information content (AvgIpc) is 3.13. The Morgan fingerprint density at radius 3 is 2.42 bits per heavy atom. The molecule has 0 aliphatic carbocycles. The van der Waals surface area contributed by atoms with Crippen molar-refractivity contribution in [2.24, 2.45) is 0 Å². The summed E-state index contributed by atoms with van der Waals surface area (Å²) in [4.78, 5) is 12.7. The summed E-state index contributed by atoms with van der Waals surface area (Å²) in [7, 11) is 2.97. The third-order valence-corrected chi connectivity index (χ3v) is 6.35. The van der Waals surface area contributed by atoms with Crippen molar-refractivity contribution in [1.29, 1.82) is 0 Å². The summed E-state index contributed by atoms with van der Waals surface area (Å²) in [6.07, 6.45) is -0.873. The van der Waals surface area contributed by atoms with Crippen molar-refractivity contribution >= 4 is 33.1 Å². The molecule has 2 heterocycles. The second-order valence-corrected chi connectivity index (χ2v) is 8.24. The summed E-state index contributed by atoms with van der Waals surface area (Å²) in [6.45, 7) is 1.90. The van der Waals surface area contributed by atoms with Crippen LogP contribution < -0.4 is 24.3 Å². The first-order valence-electron chi connectivity index (χ1n) is 10.6. The van der Waals surface area contributed by atoms with Crippen LogP contribution in [-0.2, 0) is 0 Å². The molecule has 0 saturated heterocycles. The molecular formula is C26H21NO6. The van der Waals surface area contributed by atoms with Gasteiger partial charge in [-0.05, 0) is 42.0 Å². The quantitative estimate of drug-likeness (QED) is 0.424. The monoisotopic (exact) mass is 443 g/mol. The molecule has 2 N–H and O–H groups in total. The number of aromatic hydroxyl groups is 1. The number of nitrogens with one attached hydrogen (secondary N) is 1. The minimum atomic E-state index is -0.498. The number of ether oxygens (including phenoxy) is 4. The van der Waals surface area contributed by atoms with Crippen LogP contribution in [0, 0.1) is 0 Å². The van der Waals surface area contributed by atoms with E-state index in [1.807, 2.05) is 37.3 Å². The maximum atomic E-state index is 12.7. The molecule has 166 valence electrons. The zero-order valence-corrected chi connectivity index (χ0v) is 18.3. The van der Waals surface area contributed by atoms with Gasteiger partial charge in [0.05, 0.1) is 25.5 Å². The van der Waals surface area contributed by atoms with Gasteiger partial charge in [0.25, 0.3) is 5.91 Å². The van der Waals surface area contributed by atoms with Gasteiger partial charge in [0.15, 0.2) is 29.1 Å². The van der Waals surface area contributed by atoms with Gasteiger partial charge in [-0.2, -0.15) is 0 Å². The first-order chi connectivity index (χ1) is 16.0. The van der Waals surface area contributed by atoms with Crippen molar-refractivity contribution < 1.29 is 28.8 Å². The van der Waals surface area contributed by atoms with Gasteiger partial charge in [0, 0.05) is 16.3 Å². The van der Waals surface area contributed by atoms with Crippen molar-refractivity contribution in [3.63, 3.8) is 0 Å². The predicted molar refractivity (Wildman–Crippen MR) is 124 cm³/mol. The molecule has 2 atom stereocenters. The highest BCUT2D eigenvalue weighted by Crippen LogP contribution is 2.52. The molecule has 0 saturated carbocycles. The predicted octanol–water partition coefficient (Wildman–Crippen LogP) is 5.18. The smallest absolute Gasteiger partial charge is 0.256 e. The number of fused-ring (bicyclic) bond motifs is 4. The van der Waals surface area contributed by atoms with E-state index in [1.54, 1.807) is 18.2 Å². The van der Waals surface area contributed by atoms with Gasteiger partial charge in [-0.15, -0.1) is 0 Å². The summed E-state index contributed by atoms with van der Waals surface area (Å²) in [6, 6.07) is 15.1. The Kier molecular flexibility index (Phi) is 4.11. The molecule has 7 nitrogen and oxygen atoms in total. The standard InChI is InChI=1S/C26H21NO6/c1-12-24(14-9-18(30-2)23(28)19(10-14)31-3)33-25-20(32-12)11-16-21-17(27-26(16)29)8-13-6-4-5-7-15(13)22(21)25/h4-12,24,28H,1-3H3,(H,27,29)/t12-,24+/m0/s1. The van der Waals surface area contributed by atoms with E-state index >= 15 is 0 Å². The molecule has 0 aromatic heterocycles. The maximum Gasteiger partial charge on any atom is 0.256 e. The Morgan fingerprint density at radius 1 is 0.970 bits per heavy atom. The van der Waals surface area contributed by atoms with E-state index in [9.17, 15) is 9.90 Å². The highest BCUT2D eigenvalue weighted by Gasteiger charge is 2.36. The summed E-state index contributed by atoms with van der Waals surface area (Å²) >= 11 is 0. The largest absolute Gasteiger partial charge is 0.502 e. The van der Waals surface area contributed by atoms with E-state index in [4.69, 9.17) is 18.9 Å². The third-order valence-electron chi connectivity index (χ3n) is 6.35. The third kappa shape index (κ3) is 2.72. The van der Waals surface area contributed by atoms with Gasteiger partial charge in [-0.1, -0.05) is 24.3 Å². The molecule has 0 spiro atoms. The van der Waals surface area contributed by atoms with E-state index in [1.165, 1.54) is 14.2 Å². The Balaban J connectivity index is 1.60. The fourth-order valence-electron chi connectivity index (χ4n) is 4.83. The average molecular weight is 443 g/mol. The summed E-state index contributed by atoms with van der Waals surface area (Å²) < 4.78 is 23.6. The molecule has 0 bridgehead atoms. The Bertz CT molecular complexity index is 1450. The van der Waals surface area contributed by atoms with Crippen molar-refractivity contribution in [2.45, 2.75) is 19.1 Å². The summed E-state index contributed by atoms with van der Waals surface area (Å²) in [5, 5.41) is 16.9. The van der Waals surface area contributed by atoms with Gasteiger partial charge >= 0.3 is 0 Å². The number of amides is 1. The van der Waals surface area contributed by atoms with Gasteiger partial charge in [0.2, 0.25) is 5.75 Å². The molecule has 7 heteroatoms. The number of carbonyl (C=O) groups excluding carboxylic acids is 1. The number of anilines is 1. The first kappa shape index (κ1) is 19.5. The molecule has 33 heavy (non-hydrogen) atoms. The van der Waals surface area contributed by atoms with Gasteiger partial charge in [-0.25, -0.2) is 0 Å². The van der Waals surface area contributed by atoms with Crippen molar-refractivity contribution in [2.75, 3.05) is 19.5 Å². The molecule has 4 aromatic carbocycles. The van der Waals surface area contributed by atoms with Crippen LogP contribution in [0.15, 0.2) is 48.5 Å². The number of carbonyl (C=O) groups is 1. The first-order valence-corrected chi connectivity index (χ1v) is 10.6. The Hall–Kier alpha value is -4.13. The van der Waals surface area contributed by atoms with Crippen LogP contribution >= 0.6 is 0 Å². The van der Waals surface area contributed by atoms with Crippen LogP contribution in [0.4, 0.5) is 5.69 Å². The van der Waals surface area contributed by atoms with E-state index < -0.39 is 6.10 Å². The van der Waals surface area contributed by atoms with E-state index in [0.717, 1.165) is 32.8 Å². The lowest BCUT2D eigenvalue weighted by molar-refractivity contribution is 0.0321. The van der Waals surface area contributed by atoms with Crippen LogP contribution in [0.5, 0.6) is 28.7 Å². The zero-order valence-electron chi connectivity index (χ0n) is 18.3. The SMILES string of the molecule is COc1cc([C@@H]2Oc3c(cc4c5c(cc6ccccc6c35)NC4=O)O[C@H]2C)cc(OC)c1O. The summed E-state index contributed by atoms with van der Waals surface area (Å²) in [5.41, 5.74) is 2.08. The molecule has 6 rings (SSSR count). The van der Waals surface area contributed by atoms with E-state index in [0.29, 0.717) is 17.1 Å². The van der Waals surface area contributed by atoms with Crippen LogP contribution in [0.2, 0.25) is 0 Å². The lowest BCUT2D eigenvalue weighted by atomic mass is 9.95. The number of rotatable bonds is 3. The molecule has 0 unspecified atom stereocenters. The van der Waals surface area contributed by atoms with Crippen molar-refractivity contribution in [3.05, 3.63) is 59.7 Å². The van der Waals surface area contributed by atoms with Crippen LogP contribution in [-0.4, -0.2) is 31.3 Å². The number of methoxy groups -OCH3 is 2. The van der Waals surface area contributed by atoms with Crippen LogP contribution in [0.25, 0.3) is 21.5 Å². The second-order valence-electron chi connectivity index (χ2n) is 8.24. The number of phenolic OH excluding ortho intramolecular Hbond substituents is 1. The number of hydrogen-bond acceptors (Lipinski definition) is 6. The van der Waals surface area contributed by atoms with Crippen LogP contribution in [0.3, 0.4) is 0 Å². The highest BCUT2D eigenvalue weighted by atomic mass is 16.6. The molecule has 1 amide bonds. The normalized spacial score (nSPS) is 18.5. The molecule has 0 fully saturated rings. The summed E-state index contributed by atoms with van der Waals surface area (Å²) in [5.74, 6) is 1.45. The fraction of sp³-hybridized carbons (Fsp3) is 0.192. The zero-order chi connectivity index (χ0) is 22.9. The molecule has 2 aliphatic heterocycles. The van der Waals surface area contributed by atoms with Gasteiger partial charge < -0.3 is 29.4 Å².